The minimum atomic E-state index is -4.80. The van der Waals surface area contributed by atoms with Crippen LogP contribution in [0.2, 0.25) is 0 Å². The van der Waals surface area contributed by atoms with E-state index in [4.69, 9.17) is 24.4 Å². The van der Waals surface area contributed by atoms with Gasteiger partial charge in [-0.05, 0) is 96.3 Å². The Balaban J connectivity index is 4.20. The number of hydrogen-bond donors (Lipinski definition) is 3. The molecule has 0 radical (unpaired) electrons. The number of hydrogen-bond acceptors (Lipinski definition) is 7. The average molecular weight is 785 g/mol. The molecule has 0 fully saturated rings. The molecule has 0 aliphatic carbocycles. The summed E-state index contributed by atoms with van der Waals surface area (Å²) in [5.41, 5.74) is 0. The second-order valence-corrected chi connectivity index (χ2v) is 13.8. The molecule has 0 aromatic heterocycles. The molecule has 308 valence electrons. The lowest BCUT2D eigenvalue weighted by atomic mass is 10.2. The molecule has 0 aromatic rings. The van der Waals surface area contributed by atoms with Gasteiger partial charge in [-0.15, -0.1) is 0 Å². The first-order valence-electron chi connectivity index (χ1n) is 19.9. The monoisotopic (exact) mass is 784 g/mol. The van der Waals surface area contributed by atoms with Crippen LogP contribution in [-0.4, -0.2) is 52.8 Å². The quantitative estimate of drug-likeness (QED) is 0.0248. The minimum Gasteiger partial charge on any atom is -0.462 e. The van der Waals surface area contributed by atoms with E-state index in [1.54, 1.807) is 0 Å². The van der Waals surface area contributed by atoms with E-state index >= 15 is 0 Å². The molecular formula is C45H69O9P. The second kappa shape index (κ2) is 40.1. The number of allylic oxidation sites excluding steroid dienone is 20. The fraction of sp³-hybridized carbons (Fsp3) is 0.511. The summed E-state index contributed by atoms with van der Waals surface area (Å²) in [6, 6.07) is 0. The Hall–Kier alpha value is -3.59. The highest BCUT2D eigenvalue weighted by Crippen LogP contribution is 2.35. The third kappa shape index (κ3) is 43.0. The summed E-state index contributed by atoms with van der Waals surface area (Å²) in [5, 5.41) is 8.77. The smallest absolute Gasteiger partial charge is 0.462 e. The van der Waals surface area contributed by atoms with Gasteiger partial charge >= 0.3 is 19.8 Å². The summed E-state index contributed by atoms with van der Waals surface area (Å²) in [7, 11) is -4.80. The second-order valence-electron chi connectivity index (χ2n) is 12.6. The van der Waals surface area contributed by atoms with Crippen molar-refractivity contribution in [2.75, 3.05) is 19.8 Å². The molecule has 0 aliphatic rings. The number of phosphoric ester groups is 1. The van der Waals surface area contributed by atoms with E-state index in [9.17, 15) is 14.2 Å². The van der Waals surface area contributed by atoms with Crippen LogP contribution in [0.3, 0.4) is 0 Å². The van der Waals surface area contributed by atoms with Crippen molar-refractivity contribution in [1.82, 2.24) is 0 Å². The molecule has 0 unspecified atom stereocenters. The first-order chi connectivity index (χ1) is 26.8. The number of aliphatic hydroxyl groups excluding tert-OH is 1. The van der Waals surface area contributed by atoms with Crippen LogP contribution in [0, 0.1) is 0 Å². The fourth-order valence-corrected chi connectivity index (χ4v) is 4.96. The molecule has 0 spiro atoms. The molecule has 0 rings (SSSR count). The summed E-state index contributed by atoms with van der Waals surface area (Å²) in [6.45, 7) is 1.45. The molecule has 1 atom stereocenters. The normalized spacial score (nSPS) is 13.7. The van der Waals surface area contributed by atoms with E-state index in [-0.39, 0.29) is 26.1 Å². The predicted molar refractivity (Wildman–Crippen MR) is 226 cm³/mol. The number of esters is 2. The topological polar surface area (TPSA) is 140 Å². The van der Waals surface area contributed by atoms with Crippen LogP contribution in [0.1, 0.15) is 122 Å². The van der Waals surface area contributed by atoms with Crippen LogP contribution < -0.4 is 0 Å². The molecule has 0 heterocycles. The molecule has 0 aliphatic heterocycles. The molecular weight excluding hydrogens is 715 g/mol. The first-order valence-corrected chi connectivity index (χ1v) is 21.5. The number of phosphoric acid groups is 1. The average Bonchev–Trinajstić information content (AvgIpc) is 3.16. The highest BCUT2D eigenvalue weighted by atomic mass is 31.2. The first kappa shape index (κ1) is 51.4. The van der Waals surface area contributed by atoms with Crippen molar-refractivity contribution in [2.45, 2.75) is 129 Å². The van der Waals surface area contributed by atoms with Crippen molar-refractivity contribution in [3.63, 3.8) is 0 Å². The SMILES string of the molecule is CC/C=C\C/C=C\C/C=C\C/C=C\C/C=C\C/C=C\CCC(=O)O[C@H](COC(=O)CCC/C=C\C/C=C\C/C=C\C/C=C\CCCCCO)COP(=O)(O)O. The van der Waals surface area contributed by atoms with Gasteiger partial charge in [-0.1, -0.05) is 135 Å². The van der Waals surface area contributed by atoms with Gasteiger partial charge in [0.15, 0.2) is 6.10 Å². The lowest BCUT2D eigenvalue weighted by Gasteiger charge is -2.18. The zero-order valence-electron chi connectivity index (χ0n) is 33.2. The Labute approximate surface area is 331 Å². The van der Waals surface area contributed by atoms with Crippen molar-refractivity contribution in [3.05, 3.63) is 122 Å². The van der Waals surface area contributed by atoms with E-state index in [2.05, 4.69) is 109 Å². The van der Waals surface area contributed by atoms with Gasteiger partial charge in [-0.3, -0.25) is 14.1 Å². The molecule has 0 amide bonds. The lowest BCUT2D eigenvalue weighted by Crippen LogP contribution is -2.29. The maximum Gasteiger partial charge on any atom is 0.469 e. The van der Waals surface area contributed by atoms with Crippen LogP contribution in [0.4, 0.5) is 0 Å². The third-order valence-electron chi connectivity index (χ3n) is 7.53. The van der Waals surface area contributed by atoms with Crippen LogP contribution in [0.5, 0.6) is 0 Å². The summed E-state index contributed by atoms with van der Waals surface area (Å²) in [4.78, 5) is 42.7. The maximum absolute atomic E-state index is 12.4. The van der Waals surface area contributed by atoms with E-state index in [0.29, 0.717) is 19.3 Å². The molecule has 0 aromatic carbocycles. The summed E-state index contributed by atoms with van der Waals surface area (Å²) in [5.74, 6) is -1.08. The molecule has 9 nitrogen and oxygen atoms in total. The van der Waals surface area contributed by atoms with Gasteiger partial charge in [0.1, 0.15) is 6.61 Å². The summed E-state index contributed by atoms with van der Waals surface area (Å²) < 4.78 is 26.2. The van der Waals surface area contributed by atoms with Gasteiger partial charge in [0.25, 0.3) is 0 Å². The third-order valence-corrected chi connectivity index (χ3v) is 8.02. The van der Waals surface area contributed by atoms with E-state index < -0.39 is 32.5 Å². The maximum atomic E-state index is 12.4. The molecule has 55 heavy (non-hydrogen) atoms. The van der Waals surface area contributed by atoms with Crippen LogP contribution in [0.25, 0.3) is 0 Å². The van der Waals surface area contributed by atoms with Crippen molar-refractivity contribution >= 4 is 19.8 Å². The Bertz CT molecular complexity index is 1290. The van der Waals surface area contributed by atoms with Gasteiger partial charge in [-0.2, -0.15) is 0 Å². The number of carbonyl (C=O) groups is 2. The Morgan fingerprint density at radius 2 is 0.927 bits per heavy atom. The van der Waals surface area contributed by atoms with Crippen molar-refractivity contribution in [2.24, 2.45) is 0 Å². The number of carbonyl (C=O) groups excluding carboxylic acids is 2. The predicted octanol–water partition coefficient (Wildman–Crippen LogP) is 11.1. The van der Waals surface area contributed by atoms with Gasteiger partial charge < -0.3 is 24.4 Å². The van der Waals surface area contributed by atoms with Gasteiger partial charge in [-0.25, -0.2) is 4.57 Å². The zero-order chi connectivity index (χ0) is 40.3. The molecule has 0 saturated carbocycles. The molecule has 3 N–H and O–H groups in total. The lowest BCUT2D eigenvalue weighted by molar-refractivity contribution is -0.161. The summed E-state index contributed by atoms with van der Waals surface area (Å²) >= 11 is 0. The van der Waals surface area contributed by atoms with Crippen molar-refractivity contribution in [1.29, 1.82) is 0 Å². The van der Waals surface area contributed by atoms with Crippen LogP contribution in [0.15, 0.2) is 122 Å². The van der Waals surface area contributed by atoms with Crippen LogP contribution in [-0.2, 0) is 28.2 Å². The highest BCUT2D eigenvalue weighted by molar-refractivity contribution is 7.46. The molecule has 10 heteroatoms. The van der Waals surface area contributed by atoms with Gasteiger partial charge in [0.05, 0.1) is 6.61 Å². The van der Waals surface area contributed by atoms with Gasteiger partial charge in [0.2, 0.25) is 0 Å². The largest absolute Gasteiger partial charge is 0.469 e. The number of ether oxygens (including phenoxy) is 2. The van der Waals surface area contributed by atoms with Crippen LogP contribution >= 0.6 is 7.82 Å². The number of rotatable bonds is 35. The zero-order valence-corrected chi connectivity index (χ0v) is 34.1. The number of unbranched alkanes of at least 4 members (excludes halogenated alkanes) is 4. The fourth-order valence-electron chi connectivity index (χ4n) is 4.60. The summed E-state index contributed by atoms with van der Waals surface area (Å²) in [6.07, 6.45) is 55.2. The van der Waals surface area contributed by atoms with Crippen molar-refractivity contribution < 1.29 is 43.0 Å². The molecule has 0 saturated heterocycles. The number of aliphatic hydroxyl groups is 1. The Morgan fingerprint density at radius 1 is 0.509 bits per heavy atom. The minimum absolute atomic E-state index is 0.0616. The van der Waals surface area contributed by atoms with E-state index in [1.807, 2.05) is 24.3 Å². The Morgan fingerprint density at radius 3 is 1.36 bits per heavy atom. The highest BCUT2D eigenvalue weighted by Gasteiger charge is 2.22. The Kier molecular flexibility index (Phi) is 37.5. The van der Waals surface area contributed by atoms with E-state index in [1.165, 1.54) is 0 Å². The van der Waals surface area contributed by atoms with E-state index in [0.717, 1.165) is 83.5 Å². The standard InChI is InChI=1S/C45H69O9P/c1-2-3-4-5-6-7-8-9-10-11-12-14-18-21-24-27-30-33-36-39-45(48)54-43(42-53-55(49,50)51)41-52-44(47)38-35-32-29-26-23-20-17-15-13-16-19-22-25-28-31-34-37-40-46/h3-4,6-7,9-10,12-14,16-17,20-22,24-26,29-30,33,43,46H,2,5,8,11,15,18-19,23,27-28,31-32,34-42H2,1H3,(H2,49,50,51)/b4-3-,7-6-,10-9-,14-12-,16-13-,20-17-,24-21-,25-22-,29-26-,33-30-/t43-/m1/s1. The molecule has 0 bridgehead atoms. The van der Waals surface area contributed by atoms with Gasteiger partial charge in [0, 0.05) is 19.4 Å². The van der Waals surface area contributed by atoms with Crippen molar-refractivity contribution in [3.8, 4) is 0 Å².